The highest BCUT2D eigenvalue weighted by Gasteiger charge is 2.11. The highest BCUT2D eigenvalue weighted by atomic mass is 16.2. The van der Waals surface area contributed by atoms with E-state index in [0.717, 1.165) is 22.0 Å². The summed E-state index contributed by atoms with van der Waals surface area (Å²) in [4.78, 5) is 28.1. The van der Waals surface area contributed by atoms with E-state index in [1.807, 2.05) is 43.3 Å². The Bertz CT molecular complexity index is 945. The molecular formula is C20H19N3O2. The van der Waals surface area contributed by atoms with Gasteiger partial charge in [-0.15, -0.1) is 0 Å². The lowest BCUT2D eigenvalue weighted by Crippen LogP contribution is -2.24. The number of benzene rings is 2. The minimum absolute atomic E-state index is 0.168. The third kappa shape index (κ3) is 3.83. The summed E-state index contributed by atoms with van der Waals surface area (Å²) < 4.78 is 0. The van der Waals surface area contributed by atoms with E-state index in [2.05, 4.69) is 15.6 Å². The van der Waals surface area contributed by atoms with Crippen molar-refractivity contribution in [3.63, 3.8) is 0 Å². The van der Waals surface area contributed by atoms with Gasteiger partial charge in [-0.25, -0.2) is 0 Å². The van der Waals surface area contributed by atoms with E-state index in [9.17, 15) is 9.59 Å². The number of anilines is 1. The van der Waals surface area contributed by atoms with Gasteiger partial charge >= 0.3 is 0 Å². The van der Waals surface area contributed by atoms with Crippen molar-refractivity contribution < 1.29 is 9.59 Å². The average Bonchev–Trinajstić information content (AvgIpc) is 2.61. The van der Waals surface area contributed by atoms with Gasteiger partial charge in [0.15, 0.2) is 0 Å². The SMILES string of the molecule is CC(=O)Nc1ccc(C)c(C(=O)NCc2cccc3ncccc23)c1. The summed E-state index contributed by atoms with van der Waals surface area (Å²) in [5.41, 5.74) is 3.92. The van der Waals surface area contributed by atoms with Crippen molar-refractivity contribution >= 4 is 28.4 Å². The average molecular weight is 333 g/mol. The number of aromatic nitrogens is 1. The Morgan fingerprint density at radius 1 is 1.08 bits per heavy atom. The van der Waals surface area contributed by atoms with Crippen molar-refractivity contribution in [2.75, 3.05) is 5.32 Å². The van der Waals surface area contributed by atoms with Crippen molar-refractivity contribution in [3.05, 3.63) is 71.4 Å². The van der Waals surface area contributed by atoms with Crippen molar-refractivity contribution in [1.82, 2.24) is 10.3 Å². The van der Waals surface area contributed by atoms with Crippen LogP contribution in [0, 0.1) is 6.92 Å². The third-order valence-electron chi connectivity index (χ3n) is 3.98. The molecule has 0 aliphatic rings. The van der Waals surface area contributed by atoms with Gasteiger partial charge in [0.25, 0.3) is 5.91 Å². The molecule has 0 radical (unpaired) electrons. The second-order valence-corrected chi connectivity index (χ2v) is 5.88. The van der Waals surface area contributed by atoms with Crippen LogP contribution in [0.4, 0.5) is 5.69 Å². The van der Waals surface area contributed by atoms with Crippen LogP contribution >= 0.6 is 0 Å². The molecule has 0 unspecified atom stereocenters. The Hall–Kier alpha value is -3.21. The van der Waals surface area contributed by atoms with E-state index in [1.54, 1.807) is 18.3 Å². The Morgan fingerprint density at radius 2 is 1.92 bits per heavy atom. The minimum atomic E-state index is -0.175. The van der Waals surface area contributed by atoms with Crippen molar-refractivity contribution in [3.8, 4) is 0 Å². The van der Waals surface area contributed by atoms with Crippen LogP contribution in [0.5, 0.6) is 0 Å². The molecule has 0 fully saturated rings. The standard InChI is InChI=1S/C20H19N3O2/c1-13-8-9-16(23-14(2)24)11-18(13)20(25)22-12-15-5-3-7-19-17(15)6-4-10-21-19/h3-11H,12H2,1-2H3,(H,22,25)(H,23,24). The molecule has 0 aliphatic carbocycles. The van der Waals surface area contributed by atoms with Gasteiger partial charge < -0.3 is 10.6 Å². The van der Waals surface area contributed by atoms with Gasteiger partial charge in [0.1, 0.15) is 0 Å². The lowest BCUT2D eigenvalue weighted by molar-refractivity contribution is -0.114. The number of aryl methyl sites for hydroxylation is 1. The molecule has 3 aromatic rings. The van der Waals surface area contributed by atoms with E-state index < -0.39 is 0 Å². The Morgan fingerprint density at radius 3 is 2.72 bits per heavy atom. The number of amides is 2. The molecule has 1 heterocycles. The molecule has 3 rings (SSSR count). The first kappa shape index (κ1) is 16.6. The van der Waals surface area contributed by atoms with Crippen molar-refractivity contribution in [1.29, 1.82) is 0 Å². The summed E-state index contributed by atoms with van der Waals surface area (Å²) in [6.45, 7) is 3.72. The van der Waals surface area contributed by atoms with Gasteiger partial charge in [-0.3, -0.25) is 14.6 Å². The smallest absolute Gasteiger partial charge is 0.251 e. The predicted molar refractivity (Wildman–Crippen MR) is 98.4 cm³/mol. The quantitative estimate of drug-likeness (QED) is 0.768. The number of carbonyl (C=O) groups excluding carboxylic acids is 2. The number of hydrogen-bond acceptors (Lipinski definition) is 3. The molecule has 2 aromatic carbocycles. The summed E-state index contributed by atoms with van der Waals surface area (Å²) in [5.74, 6) is -0.343. The summed E-state index contributed by atoms with van der Waals surface area (Å²) in [6.07, 6.45) is 1.75. The van der Waals surface area contributed by atoms with Crippen LogP contribution in [0.1, 0.15) is 28.4 Å². The Balaban J connectivity index is 1.79. The number of pyridine rings is 1. The molecule has 5 heteroatoms. The summed E-state index contributed by atoms with van der Waals surface area (Å²) in [7, 11) is 0. The Kier molecular flexibility index (Phi) is 4.75. The van der Waals surface area contributed by atoms with Crippen LogP contribution in [-0.2, 0) is 11.3 Å². The summed E-state index contributed by atoms with van der Waals surface area (Å²) in [6, 6.07) is 15.0. The van der Waals surface area contributed by atoms with Crippen LogP contribution < -0.4 is 10.6 Å². The first-order chi connectivity index (χ1) is 12.0. The van der Waals surface area contributed by atoms with E-state index in [0.29, 0.717) is 17.8 Å². The normalized spacial score (nSPS) is 10.5. The first-order valence-electron chi connectivity index (χ1n) is 8.03. The fourth-order valence-electron chi connectivity index (χ4n) is 2.74. The first-order valence-corrected chi connectivity index (χ1v) is 8.03. The van der Waals surface area contributed by atoms with Crippen LogP contribution in [0.2, 0.25) is 0 Å². The zero-order valence-electron chi connectivity index (χ0n) is 14.2. The lowest BCUT2D eigenvalue weighted by atomic mass is 10.1. The molecule has 25 heavy (non-hydrogen) atoms. The van der Waals surface area contributed by atoms with Gasteiger partial charge in [-0.1, -0.05) is 24.3 Å². The Labute approximate surface area is 146 Å². The molecule has 2 N–H and O–H groups in total. The minimum Gasteiger partial charge on any atom is -0.348 e. The van der Waals surface area contributed by atoms with Crippen LogP contribution in [0.3, 0.4) is 0 Å². The third-order valence-corrected chi connectivity index (χ3v) is 3.98. The summed E-state index contributed by atoms with van der Waals surface area (Å²) >= 11 is 0. The molecule has 5 nitrogen and oxygen atoms in total. The highest BCUT2D eigenvalue weighted by molar-refractivity contribution is 5.98. The fraction of sp³-hybridized carbons (Fsp3) is 0.150. The maximum Gasteiger partial charge on any atom is 0.251 e. The van der Waals surface area contributed by atoms with E-state index in [4.69, 9.17) is 0 Å². The largest absolute Gasteiger partial charge is 0.348 e. The molecule has 0 aliphatic heterocycles. The maximum absolute atomic E-state index is 12.6. The summed E-state index contributed by atoms with van der Waals surface area (Å²) in [5, 5.41) is 6.67. The lowest BCUT2D eigenvalue weighted by Gasteiger charge is -2.11. The van der Waals surface area contributed by atoms with E-state index in [-0.39, 0.29) is 11.8 Å². The van der Waals surface area contributed by atoms with Crippen LogP contribution in [0.15, 0.2) is 54.7 Å². The molecule has 0 spiro atoms. The molecule has 1 aromatic heterocycles. The molecule has 0 atom stereocenters. The number of rotatable bonds is 4. The monoisotopic (exact) mass is 333 g/mol. The zero-order chi connectivity index (χ0) is 17.8. The number of fused-ring (bicyclic) bond motifs is 1. The number of hydrogen-bond donors (Lipinski definition) is 2. The zero-order valence-corrected chi connectivity index (χ0v) is 14.2. The fourth-order valence-corrected chi connectivity index (χ4v) is 2.74. The molecular weight excluding hydrogens is 314 g/mol. The predicted octanol–water partition coefficient (Wildman–Crippen LogP) is 3.43. The van der Waals surface area contributed by atoms with E-state index in [1.165, 1.54) is 6.92 Å². The molecule has 126 valence electrons. The van der Waals surface area contributed by atoms with Gasteiger partial charge in [-0.05, 0) is 42.3 Å². The van der Waals surface area contributed by atoms with Crippen molar-refractivity contribution in [2.24, 2.45) is 0 Å². The number of nitrogens with zero attached hydrogens (tertiary/aromatic N) is 1. The van der Waals surface area contributed by atoms with E-state index >= 15 is 0 Å². The number of nitrogens with one attached hydrogen (secondary N) is 2. The van der Waals surface area contributed by atoms with Gasteiger partial charge in [-0.2, -0.15) is 0 Å². The maximum atomic E-state index is 12.6. The molecule has 0 bridgehead atoms. The van der Waals surface area contributed by atoms with Crippen LogP contribution in [-0.4, -0.2) is 16.8 Å². The van der Waals surface area contributed by atoms with Gasteiger partial charge in [0.2, 0.25) is 5.91 Å². The molecule has 0 saturated heterocycles. The second-order valence-electron chi connectivity index (χ2n) is 5.88. The molecule has 2 amide bonds. The molecule has 0 saturated carbocycles. The number of carbonyl (C=O) groups is 2. The van der Waals surface area contributed by atoms with Crippen LogP contribution in [0.25, 0.3) is 10.9 Å². The van der Waals surface area contributed by atoms with Crippen molar-refractivity contribution in [2.45, 2.75) is 20.4 Å². The highest BCUT2D eigenvalue weighted by Crippen LogP contribution is 2.18. The topological polar surface area (TPSA) is 71.1 Å². The van der Waals surface area contributed by atoms with Gasteiger partial charge in [0.05, 0.1) is 5.52 Å². The van der Waals surface area contributed by atoms with Gasteiger partial charge in [0, 0.05) is 36.3 Å². The second kappa shape index (κ2) is 7.13.